The molecule has 0 saturated carbocycles. The van der Waals surface area contributed by atoms with Crippen molar-refractivity contribution >= 4 is 118 Å². The highest BCUT2D eigenvalue weighted by Gasteiger charge is 2.27. The van der Waals surface area contributed by atoms with Crippen LogP contribution in [0.25, 0.3) is 121 Å². The van der Waals surface area contributed by atoms with Crippen molar-refractivity contribution in [2.45, 2.75) is 78.6 Å². The molecule has 4 aromatic heterocycles. The van der Waals surface area contributed by atoms with Gasteiger partial charge < -0.3 is 9.13 Å². The number of nitrogens with zero attached hydrogens (tertiary/aromatic N) is 4. The van der Waals surface area contributed by atoms with E-state index in [1.807, 2.05) is 24.5 Å². The molecule has 394 valence electrons. The van der Waals surface area contributed by atoms with E-state index in [4.69, 9.17) is 9.97 Å². The van der Waals surface area contributed by atoms with Crippen LogP contribution in [-0.2, 0) is 0 Å². The molecule has 0 N–H and O–H groups in total. The molecule has 4 nitrogen and oxygen atoms in total. The lowest BCUT2D eigenvalue weighted by molar-refractivity contribution is 1.18. The summed E-state index contributed by atoms with van der Waals surface area (Å²) >= 11 is 0. The molecule has 0 spiro atoms. The van der Waals surface area contributed by atoms with E-state index in [2.05, 4.69) is 270 Å². The van der Waals surface area contributed by atoms with Crippen molar-refractivity contribution in [3.8, 4) is 56.1 Å². The van der Waals surface area contributed by atoms with Crippen molar-refractivity contribution in [1.29, 1.82) is 0 Å². The van der Waals surface area contributed by atoms with Gasteiger partial charge in [0.1, 0.15) is 0 Å². The zero-order valence-corrected chi connectivity index (χ0v) is 52.4. The van der Waals surface area contributed by atoms with Crippen molar-refractivity contribution in [3.05, 3.63) is 207 Å². The number of fused-ring (bicyclic) bond motifs is 8. The summed E-state index contributed by atoms with van der Waals surface area (Å²) in [6.45, 7) is 29.5. The van der Waals surface area contributed by atoms with E-state index in [0.29, 0.717) is 0 Å². The second-order valence-corrected chi connectivity index (χ2v) is 46.7. The third kappa shape index (κ3) is 8.93. The molecule has 0 aliphatic heterocycles. The standard InChI is InChI=1S/C72H70N4Si4/c1-77(2,3)53-29-35-67-59(43-53)60-44-54(78(4,5)6)30-36-68(60)75(67)51-27-33-57-63(41-51)71(49-23-19-47(20-24-49)65-17-13-15-39-73-65)58-34-28-52(42-64(58)72(57)50-25-21-48(22-26-50)66-18-14-16-40-74-66)76-69-37-31-55(79(7,8)9)45-61(69)62-46-56(80(10,11)12)32-38-70(62)76/h13-46H,1-12H3. The Kier molecular flexibility index (Phi) is 12.2. The van der Waals surface area contributed by atoms with Crippen LogP contribution in [-0.4, -0.2) is 51.4 Å². The van der Waals surface area contributed by atoms with Gasteiger partial charge in [-0.15, -0.1) is 0 Å². The molecule has 0 bridgehead atoms. The molecule has 13 aromatic rings. The van der Waals surface area contributed by atoms with Crippen LogP contribution >= 0.6 is 0 Å². The lowest BCUT2D eigenvalue weighted by atomic mass is 9.85. The molecule has 8 heteroatoms. The van der Waals surface area contributed by atoms with E-state index >= 15 is 0 Å². The van der Waals surface area contributed by atoms with Crippen LogP contribution in [0.3, 0.4) is 0 Å². The molecule has 9 aromatic carbocycles. The van der Waals surface area contributed by atoms with Crippen LogP contribution in [0.2, 0.25) is 78.6 Å². The minimum absolute atomic E-state index is 0.964. The van der Waals surface area contributed by atoms with Gasteiger partial charge in [0, 0.05) is 56.4 Å². The average Bonchev–Trinajstić information content (AvgIpc) is 4.03. The van der Waals surface area contributed by atoms with Gasteiger partial charge in [-0.2, -0.15) is 0 Å². The summed E-state index contributed by atoms with van der Waals surface area (Å²) in [7, 11) is -6.51. The lowest BCUT2D eigenvalue weighted by Crippen LogP contribution is -2.37. The predicted octanol–water partition coefficient (Wildman–Crippen LogP) is 17.8. The van der Waals surface area contributed by atoms with Crippen LogP contribution in [0, 0.1) is 0 Å². The summed E-state index contributed by atoms with van der Waals surface area (Å²) in [4.78, 5) is 9.52. The Hall–Kier alpha value is -7.73. The van der Waals surface area contributed by atoms with Crippen molar-refractivity contribution < 1.29 is 0 Å². The number of aromatic nitrogens is 4. The fourth-order valence-corrected chi connectivity index (χ4v) is 16.9. The topological polar surface area (TPSA) is 35.6 Å². The van der Waals surface area contributed by atoms with Crippen molar-refractivity contribution in [3.63, 3.8) is 0 Å². The fraction of sp³-hybridized carbons (Fsp3) is 0.167. The van der Waals surface area contributed by atoms with E-state index in [1.165, 1.54) is 97.0 Å². The summed E-state index contributed by atoms with van der Waals surface area (Å²) < 4.78 is 5.08. The second kappa shape index (κ2) is 19.0. The quantitative estimate of drug-likeness (QED) is 0.101. The highest BCUT2D eigenvalue weighted by Crippen LogP contribution is 2.47. The molecule has 0 atom stereocenters. The Morgan fingerprint density at radius 1 is 0.263 bits per heavy atom. The molecule has 13 rings (SSSR count). The van der Waals surface area contributed by atoms with Gasteiger partial charge in [-0.25, -0.2) is 0 Å². The van der Waals surface area contributed by atoms with Crippen LogP contribution in [0.4, 0.5) is 0 Å². The highest BCUT2D eigenvalue weighted by atomic mass is 28.3. The summed E-state index contributed by atoms with van der Waals surface area (Å²) in [6.07, 6.45) is 3.76. The van der Waals surface area contributed by atoms with Crippen LogP contribution in [0.5, 0.6) is 0 Å². The highest BCUT2D eigenvalue weighted by molar-refractivity contribution is 6.90. The number of hydrogen-bond acceptors (Lipinski definition) is 2. The number of hydrogen-bond donors (Lipinski definition) is 0. The van der Waals surface area contributed by atoms with Crippen molar-refractivity contribution in [2.24, 2.45) is 0 Å². The van der Waals surface area contributed by atoms with Crippen LogP contribution in [0.1, 0.15) is 0 Å². The molecule has 0 fully saturated rings. The summed E-state index contributed by atoms with van der Waals surface area (Å²) in [5.41, 5.74) is 16.2. The Morgan fingerprint density at radius 3 is 0.838 bits per heavy atom. The van der Waals surface area contributed by atoms with Gasteiger partial charge in [0.25, 0.3) is 0 Å². The Labute approximate surface area is 475 Å². The maximum atomic E-state index is 4.76. The van der Waals surface area contributed by atoms with Gasteiger partial charge >= 0.3 is 0 Å². The molecule has 0 unspecified atom stereocenters. The van der Waals surface area contributed by atoms with Crippen molar-refractivity contribution in [1.82, 2.24) is 19.1 Å². The third-order valence-corrected chi connectivity index (χ3v) is 25.0. The maximum Gasteiger partial charge on any atom is 0.0776 e. The third-order valence-electron chi connectivity index (χ3n) is 16.9. The van der Waals surface area contributed by atoms with E-state index in [0.717, 1.165) is 45.0 Å². The molecule has 0 saturated heterocycles. The van der Waals surface area contributed by atoms with Gasteiger partial charge in [0.15, 0.2) is 0 Å². The van der Waals surface area contributed by atoms with E-state index in [-0.39, 0.29) is 0 Å². The first kappa shape index (κ1) is 51.7. The predicted molar refractivity (Wildman–Crippen MR) is 359 cm³/mol. The lowest BCUT2D eigenvalue weighted by Gasteiger charge is -2.21. The summed E-state index contributed by atoms with van der Waals surface area (Å²) in [5.74, 6) is 0. The normalized spacial score (nSPS) is 12.8. The molecule has 0 aliphatic rings. The van der Waals surface area contributed by atoms with Gasteiger partial charge in [-0.05, 0) is 117 Å². The van der Waals surface area contributed by atoms with Crippen LogP contribution in [0.15, 0.2) is 207 Å². The SMILES string of the molecule is C[Si](C)(C)c1ccc2c(c1)c1cc([Si](C)(C)C)ccc1n2-c1ccc2c(-c3ccc(-c4ccccn4)cc3)c3cc(-n4c5ccc([Si](C)(C)C)cc5c5cc([Si](C)(C)C)ccc54)ccc3c(-c3ccc(-c4ccccn4)cc3)c2c1. The molecule has 0 radical (unpaired) electrons. The van der Waals surface area contributed by atoms with Gasteiger partial charge in [-0.1, -0.05) is 221 Å². The largest absolute Gasteiger partial charge is 0.309 e. The van der Waals surface area contributed by atoms with Crippen LogP contribution < -0.4 is 20.7 Å². The first-order valence-corrected chi connectivity index (χ1v) is 42.5. The Balaban J connectivity index is 1.13. The fourth-order valence-electron chi connectivity index (χ4n) is 12.3. The molecular weight excluding hydrogens is 1030 g/mol. The zero-order valence-electron chi connectivity index (χ0n) is 48.4. The minimum Gasteiger partial charge on any atom is -0.309 e. The van der Waals surface area contributed by atoms with E-state index in [9.17, 15) is 0 Å². The van der Waals surface area contributed by atoms with Gasteiger partial charge in [-0.3, -0.25) is 9.97 Å². The maximum absolute atomic E-state index is 4.76. The Bertz CT molecular complexity index is 4150. The second-order valence-electron chi connectivity index (χ2n) is 26.4. The van der Waals surface area contributed by atoms with Gasteiger partial charge in [0.2, 0.25) is 0 Å². The number of rotatable bonds is 10. The molecule has 0 amide bonds. The number of benzene rings is 9. The first-order chi connectivity index (χ1) is 38.2. The Morgan fingerprint density at radius 2 is 0.562 bits per heavy atom. The van der Waals surface area contributed by atoms with E-state index in [1.54, 1.807) is 0 Å². The van der Waals surface area contributed by atoms with E-state index < -0.39 is 32.3 Å². The summed E-state index contributed by atoms with van der Waals surface area (Å²) in [6, 6.07) is 74.5. The molecule has 4 heterocycles. The first-order valence-electron chi connectivity index (χ1n) is 28.5. The minimum atomic E-state index is -1.63. The van der Waals surface area contributed by atoms with Gasteiger partial charge in [0.05, 0.1) is 65.8 Å². The zero-order chi connectivity index (χ0) is 55.6. The molecular formula is C72H70N4Si4. The molecule has 0 aliphatic carbocycles. The van der Waals surface area contributed by atoms with Crippen molar-refractivity contribution in [2.75, 3.05) is 0 Å². The summed E-state index contributed by atoms with van der Waals surface area (Å²) in [5, 5.41) is 16.1. The molecule has 80 heavy (non-hydrogen) atoms. The monoisotopic (exact) mass is 1100 g/mol. The smallest absolute Gasteiger partial charge is 0.0776 e. The number of pyridine rings is 2. The average molecular weight is 1100 g/mol.